The number of benzene rings is 1. The predicted octanol–water partition coefficient (Wildman–Crippen LogP) is 4.48. The quantitative estimate of drug-likeness (QED) is 0.770. The van der Waals surface area contributed by atoms with E-state index in [1.54, 1.807) is 0 Å². The van der Waals surface area contributed by atoms with Crippen molar-refractivity contribution in [2.45, 2.75) is 76.7 Å². The molecule has 1 aromatic carbocycles. The van der Waals surface area contributed by atoms with Gasteiger partial charge in [0.25, 0.3) is 0 Å². The van der Waals surface area contributed by atoms with Gasteiger partial charge in [-0.25, -0.2) is 0 Å². The highest BCUT2D eigenvalue weighted by Crippen LogP contribution is 2.31. The lowest BCUT2D eigenvalue weighted by atomic mass is 9.80. The van der Waals surface area contributed by atoms with Gasteiger partial charge in [0.1, 0.15) is 0 Å². The van der Waals surface area contributed by atoms with Crippen LogP contribution in [0.3, 0.4) is 0 Å². The fraction of sp³-hybridized carbons (Fsp3) is 0.667. The SMILES string of the molecule is O=C(Nc1ccc(N2CCCC2)cc1)C1CCC(C(=O)NC2CCCCC2)CC1. The van der Waals surface area contributed by atoms with E-state index in [-0.39, 0.29) is 23.7 Å². The molecule has 0 atom stereocenters. The van der Waals surface area contributed by atoms with Crippen LogP contribution in [0.5, 0.6) is 0 Å². The Morgan fingerprint density at radius 3 is 1.93 bits per heavy atom. The number of anilines is 2. The first kappa shape index (κ1) is 20.2. The maximum absolute atomic E-state index is 12.7. The lowest BCUT2D eigenvalue weighted by Gasteiger charge is -2.30. The summed E-state index contributed by atoms with van der Waals surface area (Å²) in [7, 11) is 0. The molecule has 0 aromatic heterocycles. The summed E-state index contributed by atoms with van der Waals surface area (Å²) in [5.74, 6) is 0.422. The number of hydrogen-bond donors (Lipinski definition) is 2. The van der Waals surface area contributed by atoms with Gasteiger partial charge in [-0.05, 0) is 75.6 Å². The Morgan fingerprint density at radius 2 is 1.31 bits per heavy atom. The zero-order valence-corrected chi connectivity index (χ0v) is 17.5. The highest BCUT2D eigenvalue weighted by molar-refractivity contribution is 5.93. The molecular formula is C24H35N3O2. The summed E-state index contributed by atoms with van der Waals surface area (Å²) in [6.07, 6.45) is 11.8. The van der Waals surface area contributed by atoms with Crippen LogP contribution in [-0.4, -0.2) is 30.9 Å². The van der Waals surface area contributed by atoms with Crippen molar-refractivity contribution in [1.82, 2.24) is 5.32 Å². The molecule has 0 spiro atoms. The Kier molecular flexibility index (Phi) is 6.73. The zero-order chi connectivity index (χ0) is 20.1. The minimum absolute atomic E-state index is 0.0204. The van der Waals surface area contributed by atoms with E-state index in [1.807, 2.05) is 12.1 Å². The number of hydrogen-bond acceptors (Lipinski definition) is 3. The van der Waals surface area contributed by atoms with Crippen LogP contribution in [0, 0.1) is 11.8 Å². The van der Waals surface area contributed by atoms with Gasteiger partial charge in [-0.1, -0.05) is 19.3 Å². The molecule has 5 nitrogen and oxygen atoms in total. The van der Waals surface area contributed by atoms with Crippen molar-refractivity contribution in [2.75, 3.05) is 23.3 Å². The van der Waals surface area contributed by atoms with E-state index >= 15 is 0 Å². The Bertz CT molecular complexity index is 683. The second-order valence-electron chi connectivity index (χ2n) is 9.12. The number of rotatable bonds is 5. The average molecular weight is 398 g/mol. The smallest absolute Gasteiger partial charge is 0.227 e. The zero-order valence-electron chi connectivity index (χ0n) is 17.5. The van der Waals surface area contributed by atoms with E-state index < -0.39 is 0 Å². The molecule has 1 heterocycles. The summed E-state index contributed by atoms with van der Waals surface area (Å²) in [6, 6.07) is 8.60. The van der Waals surface area contributed by atoms with Crippen LogP contribution in [-0.2, 0) is 9.59 Å². The van der Waals surface area contributed by atoms with Crippen molar-refractivity contribution in [3.63, 3.8) is 0 Å². The molecule has 2 N–H and O–H groups in total. The fourth-order valence-corrected chi connectivity index (χ4v) is 5.16. The van der Waals surface area contributed by atoms with E-state index in [9.17, 15) is 9.59 Å². The molecule has 3 aliphatic rings. The standard InChI is InChI=1S/C24H35N3O2/c28-23(25-20-6-2-1-3-7-20)18-8-10-19(11-9-18)24(29)26-21-12-14-22(15-13-21)27-16-4-5-17-27/h12-15,18-20H,1-11,16-17H2,(H,25,28)(H,26,29). The predicted molar refractivity (Wildman–Crippen MR) is 117 cm³/mol. The van der Waals surface area contributed by atoms with Crippen molar-refractivity contribution in [3.05, 3.63) is 24.3 Å². The first-order valence-corrected chi connectivity index (χ1v) is 11.7. The number of nitrogens with zero attached hydrogens (tertiary/aromatic N) is 1. The fourth-order valence-electron chi connectivity index (χ4n) is 5.16. The molecule has 0 radical (unpaired) electrons. The Hall–Kier alpha value is -2.04. The van der Waals surface area contributed by atoms with E-state index in [0.717, 1.165) is 57.3 Å². The molecule has 1 aliphatic heterocycles. The van der Waals surface area contributed by atoms with Crippen LogP contribution in [0.25, 0.3) is 0 Å². The highest BCUT2D eigenvalue weighted by atomic mass is 16.2. The normalized spacial score (nSPS) is 25.6. The Labute approximate surface area is 174 Å². The monoisotopic (exact) mass is 397 g/mol. The van der Waals surface area contributed by atoms with Crippen molar-refractivity contribution in [2.24, 2.45) is 11.8 Å². The van der Waals surface area contributed by atoms with Gasteiger partial charge in [-0.15, -0.1) is 0 Å². The van der Waals surface area contributed by atoms with Crippen LogP contribution >= 0.6 is 0 Å². The molecule has 5 heteroatoms. The number of carbonyl (C=O) groups is 2. The average Bonchev–Trinajstić information content (AvgIpc) is 3.30. The lowest BCUT2D eigenvalue weighted by molar-refractivity contribution is -0.129. The second kappa shape index (κ2) is 9.64. The number of carbonyl (C=O) groups excluding carboxylic acids is 2. The summed E-state index contributed by atoms with van der Waals surface area (Å²) in [4.78, 5) is 27.6. The third kappa shape index (κ3) is 5.31. The van der Waals surface area contributed by atoms with Gasteiger partial charge in [0.15, 0.2) is 0 Å². The van der Waals surface area contributed by atoms with Gasteiger partial charge in [0.2, 0.25) is 11.8 Å². The molecule has 0 bridgehead atoms. The van der Waals surface area contributed by atoms with E-state index in [4.69, 9.17) is 0 Å². The molecule has 2 saturated carbocycles. The molecule has 1 saturated heterocycles. The summed E-state index contributed by atoms with van der Waals surface area (Å²) in [6.45, 7) is 2.26. The van der Waals surface area contributed by atoms with Crippen LogP contribution < -0.4 is 15.5 Å². The summed E-state index contributed by atoms with van der Waals surface area (Å²) in [5.41, 5.74) is 2.11. The molecule has 0 unspecified atom stereocenters. The van der Waals surface area contributed by atoms with Crippen molar-refractivity contribution in [3.8, 4) is 0 Å². The highest BCUT2D eigenvalue weighted by Gasteiger charge is 2.31. The van der Waals surface area contributed by atoms with Crippen LogP contribution in [0.2, 0.25) is 0 Å². The van der Waals surface area contributed by atoms with Crippen LogP contribution in [0.15, 0.2) is 24.3 Å². The third-order valence-electron chi connectivity index (χ3n) is 7.03. The third-order valence-corrected chi connectivity index (χ3v) is 7.03. The van der Waals surface area contributed by atoms with Gasteiger partial charge in [-0.3, -0.25) is 9.59 Å². The summed E-state index contributed by atoms with van der Waals surface area (Å²) < 4.78 is 0. The Balaban J connectivity index is 1.22. The van der Waals surface area contributed by atoms with Crippen molar-refractivity contribution in [1.29, 1.82) is 0 Å². The summed E-state index contributed by atoms with van der Waals surface area (Å²) in [5, 5.41) is 6.34. The maximum atomic E-state index is 12.7. The summed E-state index contributed by atoms with van der Waals surface area (Å²) >= 11 is 0. The van der Waals surface area contributed by atoms with Gasteiger partial charge < -0.3 is 15.5 Å². The van der Waals surface area contributed by atoms with Gasteiger partial charge >= 0.3 is 0 Å². The van der Waals surface area contributed by atoms with Gasteiger partial charge in [0, 0.05) is 42.3 Å². The molecule has 2 aliphatic carbocycles. The molecule has 158 valence electrons. The maximum Gasteiger partial charge on any atom is 0.227 e. The minimum Gasteiger partial charge on any atom is -0.372 e. The van der Waals surface area contributed by atoms with Gasteiger partial charge in [-0.2, -0.15) is 0 Å². The largest absolute Gasteiger partial charge is 0.372 e. The number of amides is 2. The molecule has 29 heavy (non-hydrogen) atoms. The first-order chi connectivity index (χ1) is 14.2. The van der Waals surface area contributed by atoms with Crippen molar-refractivity contribution < 1.29 is 9.59 Å². The number of nitrogens with one attached hydrogen (secondary N) is 2. The second-order valence-corrected chi connectivity index (χ2v) is 9.12. The van der Waals surface area contributed by atoms with Crippen molar-refractivity contribution >= 4 is 23.2 Å². The van der Waals surface area contributed by atoms with E-state index in [0.29, 0.717) is 6.04 Å². The lowest BCUT2D eigenvalue weighted by Crippen LogP contribution is -2.41. The molecule has 2 amide bonds. The van der Waals surface area contributed by atoms with E-state index in [2.05, 4.69) is 27.7 Å². The molecule has 1 aromatic rings. The molecule has 3 fully saturated rings. The first-order valence-electron chi connectivity index (χ1n) is 11.7. The van der Waals surface area contributed by atoms with E-state index in [1.165, 1.54) is 37.8 Å². The molecule has 4 rings (SSSR count). The topological polar surface area (TPSA) is 61.4 Å². The van der Waals surface area contributed by atoms with Gasteiger partial charge in [0.05, 0.1) is 0 Å². The van der Waals surface area contributed by atoms with Crippen LogP contribution in [0.4, 0.5) is 11.4 Å². The Morgan fingerprint density at radius 1 is 0.724 bits per heavy atom. The molecular weight excluding hydrogens is 362 g/mol. The van der Waals surface area contributed by atoms with Crippen LogP contribution in [0.1, 0.15) is 70.6 Å². The minimum atomic E-state index is 0.0204.